The Morgan fingerprint density at radius 1 is 1.12 bits per heavy atom. The van der Waals surface area contributed by atoms with Gasteiger partial charge in [-0.3, -0.25) is 14.8 Å². The summed E-state index contributed by atoms with van der Waals surface area (Å²) in [5.74, 6) is 0.204. The van der Waals surface area contributed by atoms with Gasteiger partial charge in [-0.2, -0.15) is 0 Å². The second kappa shape index (κ2) is 8.72. The Hall–Kier alpha value is -2.27. The van der Waals surface area contributed by atoms with Gasteiger partial charge in [-0.1, -0.05) is 12.1 Å². The fourth-order valence-electron chi connectivity index (χ4n) is 3.24. The Balaban J connectivity index is 1.47. The third-order valence-electron chi connectivity index (χ3n) is 4.65. The van der Waals surface area contributed by atoms with Crippen LogP contribution >= 0.6 is 0 Å². The maximum Gasteiger partial charge on any atom is 0.227 e. The molecule has 5 heteroatoms. The van der Waals surface area contributed by atoms with Crippen LogP contribution in [0.25, 0.3) is 0 Å². The smallest absolute Gasteiger partial charge is 0.227 e. The molecule has 3 heterocycles. The molecular weight excluding hydrogens is 312 g/mol. The van der Waals surface area contributed by atoms with Crippen LogP contribution in [0.4, 0.5) is 0 Å². The number of carbonyl (C=O) groups is 1. The van der Waals surface area contributed by atoms with Crippen molar-refractivity contribution in [3.63, 3.8) is 0 Å². The molecule has 2 aromatic heterocycles. The summed E-state index contributed by atoms with van der Waals surface area (Å²) in [5.41, 5.74) is 3.20. The first-order valence-corrected chi connectivity index (χ1v) is 9.02. The monoisotopic (exact) mass is 338 g/mol. The van der Waals surface area contributed by atoms with E-state index < -0.39 is 0 Å². The molecule has 3 rings (SSSR count). The van der Waals surface area contributed by atoms with Crippen LogP contribution in [0.15, 0.2) is 42.7 Å². The minimum atomic E-state index is 0.204. The molecule has 5 nitrogen and oxygen atoms in total. The number of aromatic nitrogens is 2. The van der Waals surface area contributed by atoms with Crippen LogP contribution in [-0.2, 0) is 17.6 Å². The molecule has 0 spiro atoms. The summed E-state index contributed by atoms with van der Waals surface area (Å²) in [4.78, 5) is 25.6. The van der Waals surface area contributed by atoms with Gasteiger partial charge in [0.2, 0.25) is 5.91 Å². The standard InChI is InChI=1S/C20H26N4O/c1-17-5-2-7-19(22-17)8-12-23-10-4-11-24(14-13-23)20(25)15-18-6-3-9-21-16-18/h2-3,5-7,9,16H,4,8,10-15H2,1H3. The normalized spacial score (nSPS) is 15.8. The zero-order valence-electron chi connectivity index (χ0n) is 14.9. The van der Waals surface area contributed by atoms with Gasteiger partial charge in [0.05, 0.1) is 6.42 Å². The van der Waals surface area contributed by atoms with Gasteiger partial charge in [-0.15, -0.1) is 0 Å². The van der Waals surface area contributed by atoms with Gasteiger partial charge in [0, 0.05) is 56.4 Å². The maximum atomic E-state index is 12.5. The number of pyridine rings is 2. The van der Waals surface area contributed by atoms with E-state index in [4.69, 9.17) is 0 Å². The number of nitrogens with zero attached hydrogens (tertiary/aromatic N) is 4. The van der Waals surface area contributed by atoms with Crippen molar-refractivity contribution in [1.29, 1.82) is 0 Å². The molecule has 0 aromatic carbocycles. The Morgan fingerprint density at radius 3 is 2.84 bits per heavy atom. The van der Waals surface area contributed by atoms with Gasteiger partial charge < -0.3 is 9.80 Å². The van der Waals surface area contributed by atoms with E-state index in [1.54, 1.807) is 12.4 Å². The Kier molecular flexibility index (Phi) is 6.12. The lowest BCUT2D eigenvalue weighted by molar-refractivity contribution is -0.130. The van der Waals surface area contributed by atoms with E-state index in [2.05, 4.69) is 27.0 Å². The summed E-state index contributed by atoms with van der Waals surface area (Å²) in [5, 5.41) is 0. The topological polar surface area (TPSA) is 49.3 Å². The Bertz CT molecular complexity index is 689. The molecule has 0 aliphatic carbocycles. The van der Waals surface area contributed by atoms with Gasteiger partial charge >= 0.3 is 0 Å². The van der Waals surface area contributed by atoms with Gasteiger partial charge in [0.25, 0.3) is 0 Å². The van der Waals surface area contributed by atoms with Crippen LogP contribution in [0.1, 0.15) is 23.4 Å². The van der Waals surface area contributed by atoms with E-state index in [1.807, 2.05) is 30.0 Å². The lowest BCUT2D eigenvalue weighted by atomic mass is 10.2. The lowest BCUT2D eigenvalue weighted by Gasteiger charge is -2.22. The summed E-state index contributed by atoms with van der Waals surface area (Å²) in [6, 6.07) is 10.0. The Morgan fingerprint density at radius 2 is 2.04 bits per heavy atom. The molecule has 1 saturated heterocycles. The second-order valence-electron chi connectivity index (χ2n) is 6.63. The minimum Gasteiger partial charge on any atom is -0.341 e. The van der Waals surface area contributed by atoms with E-state index in [-0.39, 0.29) is 5.91 Å². The van der Waals surface area contributed by atoms with Gasteiger partial charge in [0.15, 0.2) is 0 Å². The third kappa shape index (κ3) is 5.36. The molecule has 1 aliphatic rings. The minimum absolute atomic E-state index is 0.204. The number of amides is 1. The predicted molar refractivity (Wildman–Crippen MR) is 98.3 cm³/mol. The van der Waals surface area contributed by atoms with Crippen LogP contribution in [0.2, 0.25) is 0 Å². The molecule has 25 heavy (non-hydrogen) atoms. The summed E-state index contributed by atoms with van der Waals surface area (Å²) in [6.45, 7) is 6.66. The first kappa shape index (κ1) is 17.5. The first-order chi connectivity index (χ1) is 12.2. The average Bonchev–Trinajstić information content (AvgIpc) is 2.87. The highest BCUT2D eigenvalue weighted by atomic mass is 16.2. The van der Waals surface area contributed by atoms with E-state index in [0.29, 0.717) is 6.42 Å². The fourth-order valence-corrected chi connectivity index (χ4v) is 3.24. The summed E-state index contributed by atoms with van der Waals surface area (Å²) >= 11 is 0. The molecular formula is C20H26N4O. The molecule has 0 unspecified atom stereocenters. The predicted octanol–water partition coefficient (Wildman–Crippen LogP) is 2.10. The number of carbonyl (C=O) groups excluding carboxylic acids is 1. The van der Waals surface area contributed by atoms with Crippen LogP contribution in [-0.4, -0.2) is 58.4 Å². The third-order valence-corrected chi connectivity index (χ3v) is 4.65. The van der Waals surface area contributed by atoms with Gasteiger partial charge in [0.1, 0.15) is 0 Å². The van der Waals surface area contributed by atoms with Crippen molar-refractivity contribution >= 4 is 5.91 Å². The number of hydrogen-bond donors (Lipinski definition) is 0. The molecule has 0 N–H and O–H groups in total. The van der Waals surface area contributed by atoms with Crippen molar-refractivity contribution < 1.29 is 4.79 Å². The summed E-state index contributed by atoms with van der Waals surface area (Å²) < 4.78 is 0. The Labute approximate surface area is 149 Å². The quantitative estimate of drug-likeness (QED) is 0.838. The zero-order chi connectivity index (χ0) is 17.5. The zero-order valence-corrected chi connectivity index (χ0v) is 14.9. The highest BCUT2D eigenvalue weighted by molar-refractivity contribution is 5.78. The van der Waals surface area contributed by atoms with E-state index in [1.165, 1.54) is 0 Å². The average molecular weight is 338 g/mol. The van der Waals surface area contributed by atoms with Crippen LogP contribution in [0, 0.1) is 6.92 Å². The molecule has 0 bridgehead atoms. The molecule has 1 fully saturated rings. The van der Waals surface area contributed by atoms with Crippen molar-refractivity contribution in [3.05, 3.63) is 59.7 Å². The first-order valence-electron chi connectivity index (χ1n) is 9.02. The second-order valence-corrected chi connectivity index (χ2v) is 6.63. The lowest BCUT2D eigenvalue weighted by Crippen LogP contribution is -2.36. The highest BCUT2D eigenvalue weighted by Crippen LogP contribution is 2.08. The molecule has 0 atom stereocenters. The van der Waals surface area contributed by atoms with Crippen LogP contribution in [0.5, 0.6) is 0 Å². The summed E-state index contributed by atoms with van der Waals surface area (Å²) in [6.07, 6.45) is 5.95. The van der Waals surface area contributed by atoms with E-state index >= 15 is 0 Å². The molecule has 0 radical (unpaired) electrons. The van der Waals surface area contributed by atoms with Crippen molar-refractivity contribution in [3.8, 4) is 0 Å². The van der Waals surface area contributed by atoms with Crippen molar-refractivity contribution in [2.75, 3.05) is 32.7 Å². The molecule has 2 aromatic rings. The van der Waals surface area contributed by atoms with Crippen LogP contribution in [0.3, 0.4) is 0 Å². The number of hydrogen-bond acceptors (Lipinski definition) is 4. The van der Waals surface area contributed by atoms with Gasteiger partial charge in [-0.05, 0) is 43.7 Å². The molecule has 1 aliphatic heterocycles. The highest BCUT2D eigenvalue weighted by Gasteiger charge is 2.19. The van der Waals surface area contributed by atoms with E-state index in [9.17, 15) is 4.79 Å². The van der Waals surface area contributed by atoms with Crippen molar-refractivity contribution in [2.45, 2.75) is 26.2 Å². The molecule has 1 amide bonds. The summed E-state index contributed by atoms with van der Waals surface area (Å²) in [7, 11) is 0. The van der Waals surface area contributed by atoms with E-state index in [0.717, 1.165) is 62.5 Å². The van der Waals surface area contributed by atoms with Crippen molar-refractivity contribution in [2.24, 2.45) is 0 Å². The maximum absolute atomic E-state index is 12.5. The molecule has 132 valence electrons. The SMILES string of the molecule is Cc1cccc(CCN2CCCN(C(=O)Cc3cccnc3)CC2)n1. The number of rotatable bonds is 5. The molecule has 0 saturated carbocycles. The fraction of sp³-hybridized carbons (Fsp3) is 0.450. The van der Waals surface area contributed by atoms with Gasteiger partial charge in [-0.25, -0.2) is 0 Å². The number of aryl methyl sites for hydroxylation is 1. The van der Waals surface area contributed by atoms with Crippen LogP contribution < -0.4 is 0 Å². The van der Waals surface area contributed by atoms with Crippen molar-refractivity contribution in [1.82, 2.24) is 19.8 Å². The largest absolute Gasteiger partial charge is 0.341 e.